The summed E-state index contributed by atoms with van der Waals surface area (Å²) in [6.07, 6.45) is 3.06. The zero-order chi connectivity index (χ0) is 20.6. The van der Waals surface area contributed by atoms with E-state index in [-0.39, 0.29) is 24.3 Å². The minimum absolute atomic E-state index is 0.167. The molecule has 2 heterocycles. The van der Waals surface area contributed by atoms with Crippen molar-refractivity contribution >= 4 is 35.4 Å². The van der Waals surface area contributed by atoms with Gasteiger partial charge < -0.3 is 15.1 Å². The number of piperazine rings is 1. The van der Waals surface area contributed by atoms with Crippen LogP contribution in [0.5, 0.6) is 0 Å². The molecule has 3 fully saturated rings. The maximum Gasteiger partial charge on any atom is 0.325 e. The standard InChI is InChI=1S/C20H23ClN4O4/c21-15-6-2-1-5-14(15)17(27)24-11-9-23(10-12-24)16(26)13-25-18(28)20(22-19(25)29)7-3-4-8-20/h1-2,5-6H,3-4,7-13H2,(H,22,29). The summed E-state index contributed by atoms with van der Waals surface area (Å²) in [5.74, 6) is -0.741. The van der Waals surface area contributed by atoms with Crippen molar-refractivity contribution in [2.75, 3.05) is 32.7 Å². The normalized spacial score (nSPS) is 21.1. The number of carbonyl (C=O) groups is 4. The topological polar surface area (TPSA) is 90.0 Å². The first-order chi connectivity index (χ1) is 13.9. The number of hydrogen-bond acceptors (Lipinski definition) is 4. The zero-order valence-electron chi connectivity index (χ0n) is 16.0. The molecule has 1 spiro atoms. The number of halogens is 1. The van der Waals surface area contributed by atoms with Crippen molar-refractivity contribution in [2.24, 2.45) is 0 Å². The quantitative estimate of drug-likeness (QED) is 0.753. The molecular formula is C20H23ClN4O4. The fourth-order valence-electron chi connectivity index (χ4n) is 4.34. The second-order valence-electron chi connectivity index (χ2n) is 7.76. The van der Waals surface area contributed by atoms with E-state index in [1.807, 2.05) is 0 Å². The molecule has 2 saturated heterocycles. The first-order valence-electron chi connectivity index (χ1n) is 9.87. The third-order valence-electron chi connectivity index (χ3n) is 6.02. The summed E-state index contributed by atoms with van der Waals surface area (Å²) in [6.45, 7) is 1.19. The molecule has 1 aromatic rings. The van der Waals surface area contributed by atoms with Gasteiger partial charge in [-0.2, -0.15) is 0 Å². The van der Waals surface area contributed by atoms with E-state index in [4.69, 9.17) is 11.6 Å². The summed E-state index contributed by atoms with van der Waals surface area (Å²) in [4.78, 5) is 54.6. The van der Waals surface area contributed by atoms with Crippen LogP contribution in [-0.2, 0) is 9.59 Å². The van der Waals surface area contributed by atoms with Crippen molar-refractivity contribution < 1.29 is 19.2 Å². The maximum atomic E-state index is 12.7. The van der Waals surface area contributed by atoms with E-state index in [0.29, 0.717) is 49.6 Å². The number of amides is 5. The molecule has 4 rings (SSSR count). The van der Waals surface area contributed by atoms with Gasteiger partial charge in [0.05, 0.1) is 10.6 Å². The van der Waals surface area contributed by atoms with Crippen molar-refractivity contribution in [3.63, 3.8) is 0 Å². The second kappa shape index (κ2) is 7.67. The Bertz CT molecular complexity index is 860. The fraction of sp³-hybridized carbons (Fsp3) is 0.500. The lowest BCUT2D eigenvalue weighted by atomic mass is 9.98. The molecule has 2 aliphatic heterocycles. The van der Waals surface area contributed by atoms with Gasteiger partial charge in [0.15, 0.2) is 0 Å². The van der Waals surface area contributed by atoms with Gasteiger partial charge in [-0.3, -0.25) is 19.3 Å². The molecule has 29 heavy (non-hydrogen) atoms. The lowest BCUT2D eigenvalue weighted by Crippen LogP contribution is -2.53. The Morgan fingerprint density at radius 3 is 2.28 bits per heavy atom. The van der Waals surface area contributed by atoms with Crippen molar-refractivity contribution in [1.82, 2.24) is 20.0 Å². The summed E-state index contributed by atoms with van der Waals surface area (Å²) in [5.41, 5.74) is -0.368. The van der Waals surface area contributed by atoms with Gasteiger partial charge >= 0.3 is 6.03 Å². The van der Waals surface area contributed by atoms with Crippen LogP contribution in [0.1, 0.15) is 36.0 Å². The minimum atomic E-state index is -0.808. The average molecular weight is 419 g/mol. The number of benzene rings is 1. The molecule has 0 bridgehead atoms. The molecule has 0 atom stereocenters. The molecule has 0 aromatic heterocycles. The number of carbonyl (C=O) groups excluding carboxylic acids is 4. The lowest BCUT2D eigenvalue weighted by Gasteiger charge is -2.35. The molecule has 1 saturated carbocycles. The Morgan fingerprint density at radius 2 is 1.62 bits per heavy atom. The van der Waals surface area contributed by atoms with Gasteiger partial charge in [0.2, 0.25) is 5.91 Å². The number of urea groups is 1. The molecule has 1 N–H and O–H groups in total. The maximum absolute atomic E-state index is 12.7. The van der Waals surface area contributed by atoms with Crippen LogP contribution in [0.4, 0.5) is 4.79 Å². The van der Waals surface area contributed by atoms with Crippen LogP contribution in [0.2, 0.25) is 5.02 Å². The summed E-state index contributed by atoms with van der Waals surface area (Å²) < 4.78 is 0. The highest BCUT2D eigenvalue weighted by atomic mass is 35.5. The van der Waals surface area contributed by atoms with Crippen molar-refractivity contribution in [1.29, 1.82) is 0 Å². The van der Waals surface area contributed by atoms with Gasteiger partial charge in [0, 0.05) is 26.2 Å². The molecule has 3 aliphatic rings. The average Bonchev–Trinajstić information content (AvgIpc) is 3.28. The molecule has 154 valence electrons. The molecule has 0 radical (unpaired) electrons. The molecular weight excluding hydrogens is 396 g/mol. The van der Waals surface area contributed by atoms with Crippen molar-refractivity contribution in [3.05, 3.63) is 34.9 Å². The Morgan fingerprint density at radius 1 is 1.00 bits per heavy atom. The van der Waals surface area contributed by atoms with Gasteiger partial charge in [-0.15, -0.1) is 0 Å². The highest BCUT2D eigenvalue weighted by Gasteiger charge is 2.52. The number of nitrogens with one attached hydrogen (secondary N) is 1. The van der Waals surface area contributed by atoms with Crippen molar-refractivity contribution in [3.8, 4) is 0 Å². The van der Waals surface area contributed by atoms with Crippen LogP contribution in [-0.4, -0.2) is 76.7 Å². The fourth-order valence-corrected chi connectivity index (χ4v) is 4.55. The lowest BCUT2D eigenvalue weighted by molar-refractivity contribution is -0.139. The van der Waals surface area contributed by atoms with E-state index in [9.17, 15) is 19.2 Å². The van der Waals surface area contributed by atoms with E-state index in [2.05, 4.69) is 5.32 Å². The van der Waals surface area contributed by atoms with E-state index in [1.54, 1.807) is 34.1 Å². The van der Waals surface area contributed by atoms with Gasteiger partial charge in [-0.1, -0.05) is 36.6 Å². The molecule has 9 heteroatoms. The van der Waals surface area contributed by atoms with Crippen LogP contribution in [0.15, 0.2) is 24.3 Å². The molecule has 0 unspecified atom stereocenters. The van der Waals surface area contributed by atoms with Crippen LogP contribution >= 0.6 is 11.6 Å². The smallest absolute Gasteiger partial charge is 0.325 e. The van der Waals surface area contributed by atoms with Crippen molar-refractivity contribution in [2.45, 2.75) is 31.2 Å². The van der Waals surface area contributed by atoms with E-state index in [0.717, 1.165) is 17.7 Å². The zero-order valence-corrected chi connectivity index (χ0v) is 16.8. The van der Waals surface area contributed by atoms with Crippen LogP contribution in [0.3, 0.4) is 0 Å². The van der Waals surface area contributed by atoms with E-state index < -0.39 is 11.6 Å². The number of rotatable bonds is 3. The minimum Gasteiger partial charge on any atom is -0.338 e. The molecule has 1 aromatic carbocycles. The Hall–Kier alpha value is -2.61. The third kappa shape index (κ3) is 3.57. The monoisotopic (exact) mass is 418 g/mol. The highest BCUT2D eigenvalue weighted by molar-refractivity contribution is 6.33. The van der Waals surface area contributed by atoms with Crippen LogP contribution in [0, 0.1) is 0 Å². The molecule has 5 amide bonds. The van der Waals surface area contributed by atoms with Gasteiger partial charge in [0.1, 0.15) is 12.1 Å². The van der Waals surface area contributed by atoms with E-state index >= 15 is 0 Å². The second-order valence-corrected chi connectivity index (χ2v) is 8.17. The number of imide groups is 1. The van der Waals surface area contributed by atoms with Gasteiger partial charge in [-0.25, -0.2) is 4.79 Å². The first kappa shape index (κ1) is 19.7. The SMILES string of the molecule is O=C(CN1C(=O)NC2(CCCC2)C1=O)N1CCN(C(=O)c2ccccc2Cl)CC1. The number of hydrogen-bond donors (Lipinski definition) is 1. The summed E-state index contributed by atoms with van der Waals surface area (Å²) >= 11 is 6.10. The first-order valence-corrected chi connectivity index (χ1v) is 10.2. The van der Waals surface area contributed by atoms with Gasteiger partial charge in [0.25, 0.3) is 11.8 Å². The van der Waals surface area contributed by atoms with Crippen LogP contribution < -0.4 is 5.32 Å². The Labute approximate surface area is 173 Å². The Kier molecular flexibility index (Phi) is 5.21. The molecule has 1 aliphatic carbocycles. The number of nitrogens with zero attached hydrogens (tertiary/aromatic N) is 3. The molecule has 8 nitrogen and oxygen atoms in total. The largest absolute Gasteiger partial charge is 0.338 e. The predicted molar refractivity (Wildman–Crippen MR) is 105 cm³/mol. The predicted octanol–water partition coefficient (Wildman–Crippen LogP) is 1.49. The summed E-state index contributed by atoms with van der Waals surface area (Å²) in [6, 6.07) is 6.38. The van der Waals surface area contributed by atoms with Crippen LogP contribution in [0.25, 0.3) is 0 Å². The summed E-state index contributed by atoms with van der Waals surface area (Å²) in [5, 5.41) is 3.18. The highest BCUT2D eigenvalue weighted by Crippen LogP contribution is 2.35. The summed E-state index contributed by atoms with van der Waals surface area (Å²) in [7, 11) is 0. The Balaban J connectivity index is 1.34. The van der Waals surface area contributed by atoms with Gasteiger partial charge in [-0.05, 0) is 25.0 Å². The third-order valence-corrected chi connectivity index (χ3v) is 6.35. The van der Waals surface area contributed by atoms with E-state index in [1.165, 1.54) is 0 Å².